The summed E-state index contributed by atoms with van der Waals surface area (Å²) in [5.74, 6) is -1.13. The number of rotatable bonds is 8. The van der Waals surface area contributed by atoms with Gasteiger partial charge in [0.2, 0.25) is 0 Å². The van der Waals surface area contributed by atoms with E-state index in [-0.39, 0.29) is 0 Å². The molecule has 0 amide bonds. The molecule has 1 saturated carbocycles. The SMILES string of the molecule is CCCCOC(=O)C(CC)C(=O)OCC1CCCC1. The van der Waals surface area contributed by atoms with Gasteiger partial charge in [0.1, 0.15) is 0 Å². The highest BCUT2D eigenvalue weighted by Gasteiger charge is 2.28. The van der Waals surface area contributed by atoms with E-state index >= 15 is 0 Å². The fourth-order valence-corrected chi connectivity index (χ4v) is 2.32. The topological polar surface area (TPSA) is 52.6 Å². The fraction of sp³-hybridized carbons (Fsp3) is 0.867. The average Bonchev–Trinajstić information content (AvgIpc) is 2.90. The molecule has 19 heavy (non-hydrogen) atoms. The summed E-state index contributed by atoms with van der Waals surface area (Å²) in [5, 5.41) is 0. The third-order valence-electron chi connectivity index (χ3n) is 3.66. The summed E-state index contributed by atoms with van der Waals surface area (Å²) < 4.78 is 10.4. The lowest BCUT2D eigenvalue weighted by molar-refractivity contribution is -0.163. The van der Waals surface area contributed by atoms with Crippen molar-refractivity contribution in [3.63, 3.8) is 0 Å². The number of carbonyl (C=O) groups is 2. The van der Waals surface area contributed by atoms with Crippen LogP contribution in [0.15, 0.2) is 0 Å². The van der Waals surface area contributed by atoms with Crippen molar-refractivity contribution in [2.45, 2.75) is 58.8 Å². The number of unbranched alkanes of at least 4 members (excludes halogenated alkanes) is 1. The molecule has 0 aromatic rings. The minimum Gasteiger partial charge on any atom is -0.465 e. The Morgan fingerprint density at radius 2 is 1.74 bits per heavy atom. The minimum atomic E-state index is -0.752. The molecule has 1 aliphatic rings. The van der Waals surface area contributed by atoms with Gasteiger partial charge in [0, 0.05) is 0 Å². The summed E-state index contributed by atoms with van der Waals surface area (Å²) in [6.07, 6.45) is 6.94. The zero-order chi connectivity index (χ0) is 14.1. The van der Waals surface area contributed by atoms with Crippen molar-refractivity contribution in [3.8, 4) is 0 Å². The number of esters is 2. The third kappa shape index (κ3) is 5.62. The van der Waals surface area contributed by atoms with E-state index in [0.717, 1.165) is 25.7 Å². The van der Waals surface area contributed by atoms with Crippen LogP contribution in [-0.2, 0) is 19.1 Å². The first-order chi connectivity index (χ1) is 9.19. The lowest BCUT2D eigenvalue weighted by Gasteiger charge is -2.15. The third-order valence-corrected chi connectivity index (χ3v) is 3.66. The van der Waals surface area contributed by atoms with E-state index in [2.05, 4.69) is 0 Å². The Morgan fingerprint density at radius 1 is 1.11 bits per heavy atom. The smallest absolute Gasteiger partial charge is 0.320 e. The van der Waals surface area contributed by atoms with E-state index in [0.29, 0.717) is 25.6 Å². The Balaban J connectivity index is 2.30. The first kappa shape index (κ1) is 16.0. The molecule has 4 nitrogen and oxygen atoms in total. The van der Waals surface area contributed by atoms with Gasteiger partial charge in [0.25, 0.3) is 0 Å². The standard InChI is InChI=1S/C15H26O4/c1-3-5-10-18-14(16)13(4-2)15(17)19-11-12-8-6-7-9-12/h12-13H,3-11H2,1-2H3. The van der Waals surface area contributed by atoms with Crippen molar-refractivity contribution in [1.82, 2.24) is 0 Å². The average molecular weight is 270 g/mol. The van der Waals surface area contributed by atoms with Gasteiger partial charge in [-0.05, 0) is 31.6 Å². The van der Waals surface area contributed by atoms with Crippen LogP contribution in [0.1, 0.15) is 58.8 Å². The first-order valence-corrected chi connectivity index (χ1v) is 7.52. The Bertz CT molecular complexity index is 282. The molecule has 1 unspecified atom stereocenters. The fourth-order valence-electron chi connectivity index (χ4n) is 2.32. The molecule has 0 radical (unpaired) electrons. The maximum atomic E-state index is 11.9. The van der Waals surface area contributed by atoms with Crippen LogP contribution in [0.5, 0.6) is 0 Å². The lowest BCUT2D eigenvalue weighted by atomic mass is 10.1. The molecular formula is C15H26O4. The van der Waals surface area contributed by atoms with Crippen molar-refractivity contribution in [1.29, 1.82) is 0 Å². The predicted molar refractivity (Wildman–Crippen MR) is 72.6 cm³/mol. The van der Waals surface area contributed by atoms with Gasteiger partial charge in [-0.15, -0.1) is 0 Å². The van der Waals surface area contributed by atoms with E-state index in [4.69, 9.17) is 9.47 Å². The Hall–Kier alpha value is -1.06. The van der Waals surface area contributed by atoms with Crippen molar-refractivity contribution >= 4 is 11.9 Å². The second-order valence-electron chi connectivity index (χ2n) is 5.26. The van der Waals surface area contributed by atoms with Gasteiger partial charge in [0.05, 0.1) is 13.2 Å². The maximum absolute atomic E-state index is 11.9. The molecule has 0 heterocycles. The first-order valence-electron chi connectivity index (χ1n) is 7.52. The molecule has 1 fully saturated rings. The van der Waals surface area contributed by atoms with Gasteiger partial charge in [0.15, 0.2) is 5.92 Å². The van der Waals surface area contributed by atoms with Crippen molar-refractivity contribution in [2.75, 3.05) is 13.2 Å². The van der Waals surface area contributed by atoms with Crippen molar-refractivity contribution in [3.05, 3.63) is 0 Å². The second kappa shape index (κ2) is 8.94. The summed E-state index contributed by atoms with van der Waals surface area (Å²) in [6, 6.07) is 0. The molecule has 4 heteroatoms. The summed E-state index contributed by atoms with van der Waals surface area (Å²) in [5.41, 5.74) is 0. The minimum absolute atomic E-state index is 0.391. The summed E-state index contributed by atoms with van der Waals surface area (Å²) in [6.45, 7) is 4.68. The highest BCUT2D eigenvalue weighted by molar-refractivity contribution is 5.94. The number of carbonyl (C=O) groups excluding carboxylic acids is 2. The zero-order valence-corrected chi connectivity index (χ0v) is 12.2. The van der Waals surface area contributed by atoms with Gasteiger partial charge < -0.3 is 9.47 Å². The predicted octanol–water partition coefficient (Wildman–Crippen LogP) is 3.09. The van der Waals surface area contributed by atoms with Crippen LogP contribution in [0.4, 0.5) is 0 Å². The quantitative estimate of drug-likeness (QED) is 0.386. The molecule has 0 spiro atoms. The Morgan fingerprint density at radius 3 is 2.32 bits per heavy atom. The molecular weight excluding hydrogens is 244 g/mol. The zero-order valence-electron chi connectivity index (χ0n) is 12.2. The molecule has 0 N–H and O–H groups in total. The van der Waals surface area contributed by atoms with Crippen molar-refractivity contribution in [2.24, 2.45) is 11.8 Å². The van der Waals surface area contributed by atoms with Crippen LogP contribution in [-0.4, -0.2) is 25.2 Å². The summed E-state index contributed by atoms with van der Waals surface area (Å²) >= 11 is 0. The molecule has 1 aliphatic carbocycles. The van der Waals surface area contributed by atoms with Gasteiger partial charge in [-0.25, -0.2) is 0 Å². The second-order valence-corrected chi connectivity index (χ2v) is 5.26. The van der Waals surface area contributed by atoms with Gasteiger partial charge in [-0.1, -0.05) is 33.1 Å². The van der Waals surface area contributed by atoms with E-state index in [1.54, 1.807) is 0 Å². The monoisotopic (exact) mass is 270 g/mol. The lowest BCUT2D eigenvalue weighted by Crippen LogP contribution is -2.28. The van der Waals surface area contributed by atoms with E-state index in [9.17, 15) is 9.59 Å². The summed E-state index contributed by atoms with van der Waals surface area (Å²) in [4.78, 5) is 23.6. The maximum Gasteiger partial charge on any atom is 0.320 e. The van der Waals surface area contributed by atoms with E-state index < -0.39 is 17.9 Å². The molecule has 1 rings (SSSR count). The van der Waals surface area contributed by atoms with Gasteiger partial charge in [-0.2, -0.15) is 0 Å². The molecule has 0 aliphatic heterocycles. The molecule has 1 atom stereocenters. The Labute approximate surface area is 115 Å². The number of hydrogen-bond donors (Lipinski definition) is 0. The van der Waals surface area contributed by atoms with Crippen LogP contribution in [0.25, 0.3) is 0 Å². The molecule has 0 aromatic carbocycles. The Kier molecular flexibility index (Phi) is 7.53. The van der Waals surface area contributed by atoms with Crippen LogP contribution in [0.3, 0.4) is 0 Å². The van der Waals surface area contributed by atoms with Crippen molar-refractivity contribution < 1.29 is 19.1 Å². The molecule has 0 saturated heterocycles. The highest BCUT2D eigenvalue weighted by atomic mass is 16.6. The number of ether oxygens (including phenoxy) is 2. The summed E-state index contributed by atoms with van der Waals surface area (Å²) in [7, 11) is 0. The normalized spacial score (nSPS) is 17.2. The van der Waals surface area contributed by atoms with Crippen LogP contribution >= 0.6 is 0 Å². The molecule has 0 bridgehead atoms. The van der Waals surface area contributed by atoms with Crippen LogP contribution in [0.2, 0.25) is 0 Å². The van der Waals surface area contributed by atoms with Gasteiger partial charge in [-0.3, -0.25) is 9.59 Å². The largest absolute Gasteiger partial charge is 0.465 e. The van der Waals surface area contributed by atoms with E-state index in [1.807, 2.05) is 13.8 Å². The van der Waals surface area contributed by atoms with Gasteiger partial charge >= 0.3 is 11.9 Å². The highest BCUT2D eigenvalue weighted by Crippen LogP contribution is 2.25. The van der Waals surface area contributed by atoms with Crippen LogP contribution < -0.4 is 0 Å². The van der Waals surface area contributed by atoms with Crippen LogP contribution in [0, 0.1) is 11.8 Å². The number of hydrogen-bond acceptors (Lipinski definition) is 4. The van der Waals surface area contributed by atoms with E-state index in [1.165, 1.54) is 12.8 Å². The molecule has 110 valence electrons. The molecule has 0 aromatic heterocycles.